The van der Waals surface area contributed by atoms with E-state index in [1.54, 1.807) is 0 Å². The van der Waals surface area contributed by atoms with Gasteiger partial charge in [0, 0.05) is 24.9 Å². The van der Waals surface area contributed by atoms with Crippen molar-refractivity contribution in [2.75, 3.05) is 25.9 Å². The number of hydrogen-bond acceptors (Lipinski definition) is 4. The fraction of sp³-hybridized carbons (Fsp3) is 1.00. The normalized spacial score (nSPS) is 31.5. The third kappa shape index (κ3) is 5.22. The Kier molecular flexibility index (Phi) is 6.51. The van der Waals surface area contributed by atoms with Crippen LogP contribution >= 0.6 is 0 Å². The first-order valence-electron chi connectivity index (χ1n) is 8.67. The Labute approximate surface area is 130 Å². The zero-order chi connectivity index (χ0) is 15.3. The van der Waals surface area contributed by atoms with E-state index in [2.05, 4.69) is 17.1 Å². The second-order valence-corrected chi connectivity index (χ2v) is 9.24. The molecular weight excluding hydrogens is 284 g/mol. The molecule has 0 radical (unpaired) electrons. The molecule has 3 atom stereocenters. The molecule has 0 amide bonds. The van der Waals surface area contributed by atoms with Crippen molar-refractivity contribution in [3.8, 4) is 0 Å². The Hall–Kier alpha value is -0.130. The average molecular weight is 317 g/mol. The van der Waals surface area contributed by atoms with Crippen LogP contribution in [0.25, 0.3) is 0 Å². The maximum atomic E-state index is 11.9. The summed E-state index contributed by atoms with van der Waals surface area (Å²) in [6.45, 7) is 5.55. The predicted molar refractivity (Wildman–Crippen MR) is 88.4 cm³/mol. The minimum atomic E-state index is -2.88. The van der Waals surface area contributed by atoms with Gasteiger partial charge in [0.2, 0.25) is 0 Å². The van der Waals surface area contributed by atoms with E-state index in [1.807, 2.05) is 0 Å². The van der Waals surface area contributed by atoms with Crippen molar-refractivity contribution < 1.29 is 8.42 Å². The van der Waals surface area contributed by atoms with Crippen molar-refractivity contribution >= 4 is 9.84 Å². The number of sulfone groups is 1. The van der Waals surface area contributed by atoms with Crippen LogP contribution in [-0.2, 0) is 9.84 Å². The zero-order valence-corrected chi connectivity index (χ0v) is 14.5. The second kappa shape index (κ2) is 7.93. The van der Waals surface area contributed by atoms with Gasteiger partial charge in [-0.1, -0.05) is 19.8 Å². The maximum Gasteiger partial charge on any atom is 0.150 e. The van der Waals surface area contributed by atoms with Crippen LogP contribution in [0.2, 0.25) is 0 Å². The van der Waals surface area contributed by atoms with Crippen molar-refractivity contribution in [3.05, 3.63) is 0 Å². The first-order chi connectivity index (χ1) is 10.0. The molecule has 124 valence electrons. The topological polar surface area (TPSA) is 49.4 Å². The summed E-state index contributed by atoms with van der Waals surface area (Å²) in [5.74, 6) is 0. The Balaban J connectivity index is 1.96. The lowest BCUT2D eigenvalue weighted by Gasteiger charge is -2.39. The summed E-state index contributed by atoms with van der Waals surface area (Å²) in [4.78, 5) is 2.57. The molecule has 1 saturated heterocycles. The monoisotopic (exact) mass is 316 g/mol. The van der Waals surface area contributed by atoms with Gasteiger partial charge < -0.3 is 5.32 Å². The van der Waals surface area contributed by atoms with Gasteiger partial charge in [-0.15, -0.1) is 0 Å². The van der Waals surface area contributed by atoms with Gasteiger partial charge in [0.15, 0.2) is 0 Å². The molecule has 1 N–H and O–H groups in total. The van der Waals surface area contributed by atoms with Crippen LogP contribution in [0.15, 0.2) is 0 Å². The molecule has 2 rings (SSSR count). The standard InChI is InChI=1S/C16H32N2O2S/c1-3-11-18(13-14-7-4-5-10-17-14)15-8-6-9-16(12-15)21(2,19)20/h14-17H,3-13H2,1-2H3. The smallest absolute Gasteiger partial charge is 0.150 e. The minimum Gasteiger partial charge on any atom is -0.313 e. The van der Waals surface area contributed by atoms with Crippen molar-refractivity contribution in [2.45, 2.75) is 75.6 Å². The van der Waals surface area contributed by atoms with Gasteiger partial charge in [-0.3, -0.25) is 4.90 Å². The Morgan fingerprint density at radius 1 is 1.14 bits per heavy atom. The quantitative estimate of drug-likeness (QED) is 0.816. The van der Waals surface area contributed by atoms with Crippen LogP contribution in [-0.4, -0.2) is 56.5 Å². The third-order valence-corrected chi connectivity index (χ3v) is 6.74. The van der Waals surface area contributed by atoms with Gasteiger partial charge in [-0.2, -0.15) is 0 Å². The van der Waals surface area contributed by atoms with Crippen LogP contribution in [0.1, 0.15) is 58.3 Å². The first kappa shape index (κ1) is 17.2. The molecule has 4 nitrogen and oxygen atoms in total. The van der Waals surface area contributed by atoms with Crippen molar-refractivity contribution in [2.24, 2.45) is 0 Å². The molecule has 1 saturated carbocycles. The second-order valence-electron chi connectivity index (χ2n) is 6.91. The lowest BCUT2D eigenvalue weighted by atomic mass is 9.92. The average Bonchev–Trinajstić information content (AvgIpc) is 2.47. The van der Waals surface area contributed by atoms with Crippen LogP contribution in [0.4, 0.5) is 0 Å². The van der Waals surface area contributed by atoms with Gasteiger partial charge >= 0.3 is 0 Å². The molecule has 1 aliphatic heterocycles. The van der Waals surface area contributed by atoms with Crippen molar-refractivity contribution in [1.29, 1.82) is 0 Å². The third-order valence-electron chi connectivity index (χ3n) is 5.10. The van der Waals surface area contributed by atoms with Gasteiger partial charge in [0.1, 0.15) is 9.84 Å². The summed E-state index contributed by atoms with van der Waals surface area (Å²) in [5, 5.41) is 3.51. The summed E-state index contributed by atoms with van der Waals surface area (Å²) >= 11 is 0. The van der Waals surface area contributed by atoms with E-state index < -0.39 is 9.84 Å². The molecule has 3 unspecified atom stereocenters. The molecule has 21 heavy (non-hydrogen) atoms. The molecule has 0 spiro atoms. The largest absolute Gasteiger partial charge is 0.313 e. The van der Waals surface area contributed by atoms with Crippen LogP contribution in [0.3, 0.4) is 0 Å². The highest BCUT2D eigenvalue weighted by atomic mass is 32.2. The molecule has 2 aliphatic rings. The fourth-order valence-electron chi connectivity index (χ4n) is 3.91. The summed E-state index contributed by atoms with van der Waals surface area (Å²) < 4.78 is 23.7. The van der Waals surface area contributed by atoms with E-state index in [-0.39, 0.29) is 5.25 Å². The minimum absolute atomic E-state index is 0.116. The highest BCUT2D eigenvalue weighted by molar-refractivity contribution is 7.91. The van der Waals surface area contributed by atoms with Gasteiger partial charge in [0.25, 0.3) is 0 Å². The summed E-state index contributed by atoms with van der Waals surface area (Å²) in [5.41, 5.74) is 0. The number of rotatable bonds is 6. The van der Waals surface area contributed by atoms with E-state index in [0.717, 1.165) is 45.3 Å². The number of nitrogens with zero attached hydrogens (tertiary/aromatic N) is 1. The summed E-state index contributed by atoms with van der Waals surface area (Å²) in [7, 11) is -2.88. The molecular formula is C16H32N2O2S. The summed E-state index contributed by atoms with van der Waals surface area (Å²) in [6, 6.07) is 1.06. The van der Waals surface area contributed by atoms with Crippen LogP contribution in [0.5, 0.6) is 0 Å². The van der Waals surface area contributed by atoms with E-state index in [0.29, 0.717) is 12.1 Å². The molecule has 0 bridgehead atoms. The molecule has 0 aromatic heterocycles. The fourth-order valence-corrected chi connectivity index (χ4v) is 5.08. The zero-order valence-electron chi connectivity index (χ0n) is 13.7. The van der Waals surface area contributed by atoms with Crippen molar-refractivity contribution in [3.63, 3.8) is 0 Å². The highest BCUT2D eigenvalue weighted by Gasteiger charge is 2.32. The Bertz CT molecular complexity index is 405. The maximum absolute atomic E-state index is 11.9. The number of nitrogens with one attached hydrogen (secondary N) is 1. The molecule has 1 aliphatic carbocycles. The van der Waals surface area contributed by atoms with Gasteiger partial charge in [-0.05, 0) is 51.6 Å². The first-order valence-corrected chi connectivity index (χ1v) is 10.6. The van der Waals surface area contributed by atoms with Gasteiger partial charge in [0.05, 0.1) is 5.25 Å². The van der Waals surface area contributed by atoms with Gasteiger partial charge in [-0.25, -0.2) is 8.42 Å². The molecule has 0 aromatic rings. The van der Waals surface area contributed by atoms with Crippen molar-refractivity contribution in [1.82, 2.24) is 10.2 Å². The number of hydrogen-bond donors (Lipinski definition) is 1. The lowest BCUT2D eigenvalue weighted by molar-refractivity contribution is 0.135. The predicted octanol–water partition coefficient (Wildman–Crippen LogP) is 2.20. The highest BCUT2D eigenvalue weighted by Crippen LogP contribution is 2.28. The van der Waals surface area contributed by atoms with E-state index in [1.165, 1.54) is 31.9 Å². The van der Waals surface area contributed by atoms with E-state index >= 15 is 0 Å². The van der Waals surface area contributed by atoms with E-state index in [9.17, 15) is 8.42 Å². The lowest BCUT2D eigenvalue weighted by Crippen LogP contribution is -2.49. The van der Waals surface area contributed by atoms with Crippen LogP contribution < -0.4 is 5.32 Å². The number of piperidine rings is 1. The molecule has 2 fully saturated rings. The van der Waals surface area contributed by atoms with Crippen LogP contribution in [0, 0.1) is 0 Å². The van der Waals surface area contributed by atoms with E-state index in [4.69, 9.17) is 0 Å². The Morgan fingerprint density at radius 3 is 2.57 bits per heavy atom. The molecule has 5 heteroatoms. The Morgan fingerprint density at radius 2 is 1.95 bits per heavy atom. The molecule has 0 aromatic carbocycles. The summed E-state index contributed by atoms with van der Waals surface area (Å²) in [6.07, 6.45) is 10.4. The SMILES string of the molecule is CCCN(CC1CCCCN1)C1CCCC(S(C)(=O)=O)C1. The molecule has 1 heterocycles.